The Kier molecular flexibility index (Phi) is 8.48. The van der Waals surface area contributed by atoms with Crippen molar-refractivity contribution in [1.82, 2.24) is 14.8 Å². The Hall–Kier alpha value is -5.11. The number of thioether (sulfide) groups is 1. The number of carbonyl (C=O) groups is 2. The molecule has 3 aromatic carbocycles. The van der Waals surface area contributed by atoms with E-state index in [1.54, 1.807) is 48.6 Å². The topological polar surface area (TPSA) is 111 Å². The fraction of sp³-hybridized carbons (Fsp3) is 0.138. The number of hydrogen-bond donors (Lipinski definition) is 1. The van der Waals surface area contributed by atoms with E-state index in [2.05, 4.69) is 25.1 Å². The highest BCUT2D eigenvalue weighted by molar-refractivity contribution is 8.15. The number of methoxy groups -OCH3 is 1. The van der Waals surface area contributed by atoms with Crippen LogP contribution < -0.4 is 19.7 Å². The van der Waals surface area contributed by atoms with E-state index < -0.39 is 12.4 Å². The fourth-order valence-electron chi connectivity index (χ4n) is 4.02. The molecule has 2 heterocycles. The second-order valence-electron chi connectivity index (χ2n) is 9.06. The van der Waals surface area contributed by atoms with E-state index in [1.165, 1.54) is 59.0 Å². The average Bonchev–Trinajstić information content (AvgIpc) is 3.58. The summed E-state index contributed by atoms with van der Waals surface area (Å²) in [4.78, 5) is 35.0. The smallest absolute Gasteiger partial charge is 0.495 e. The van der Waals surface area contributed by atoms with Crippen LogP contribution in [0, 0.1) is 6.92 Å². The molecule has 0 bridgehead atoms. The van der Waals surface area contributed by atoms with E-state index in [1.807, 2.05) is 13.0 Å². The number of anilines is 2. The zero-order valence-corrected chi connectivity index (χ0v) is 23.5. The monoisotopic (exact) mass is 608 g/mol. The van der Waals surface area contributed by atoms with Crippen molar-refractivity contribution in [2.75, 3.05) is 23.1 Å². The quantitative estimate of drug-likeness (QED) is 0.261. The van der Waals surface area contributed by atoms with Gasteiger partial charge in [0.15, 0.2) is 11.0 Å². The number of benzene rings is 3. The number of carbonyl (C=O) groups excluding carboxylic acids is 2. The molecule has 0 spiro atoms. The van der Waals surface area contributed by atoms with Gasteiger partial charge in [-0.15, -0.1) is 18.3 Å². The van der Waals surface area contributed by atoms with Gasteiger partial charge in [0, 0.05) is 5.69 Å². The molecule has 3 amide bonds. The molecule has 1 aliphatic heterocycles. The number of nitrogens with one attached hydrogen (secondary N) is 1. The highest BCUT2D eigenvalue weighted by atomic mass is 32.2. The highest BCUT2D eigenvalue weighted by Gasteiger charge is 2.33. The Labute approximate surface area is 247 Å². The number of halogens is 3. The zero-order chi connectivity index (χ0) is 30.6. The number of ether oxygens (including phenoxy) is 2. The van der Waals surface area contributed by atoms with Gasteiger partial charge >= 0.3 is 12.4 Å². The Morgan fingerprint density at radius 1 is 1.07 bits per heavy atom. The minimum absolute atomic E-state index is 0.153. The molecular weight excluding hydrogens is 585 g/mol. The van der Waals surface area contributed by atoms with Crippen LogP contribution in [0.1, 0.15) is 17.0 Å². The number of urea groups is 1. The van der Waals surface area contributed by atoms with E-state index in [0.717, 1.165) is 11.1 Å². The normalized spacial score (nSPS) is 14.5. The largest absolute Gasteiger partial charge is 0.573 e. The third-order valence-electron chi connectivity index (χ3n) is 5.97. The molecule has 1 N–H and O–H groups in total. The number of alkyl halides is 3. The number of amides is 3. The molecule has 0 aliphatic carbocycles. The first kappa shape index (κ1) is 29.4. The molecule has 0 saturated carbocycles. The minimum Gasteiger partial charge on any atom is -0.495 e. The van der Waals surface area contributed by atoms with E-state index in [4.69, 9.17) is 4.74 Å². The van der Waals surface area contributed by atoms with Crippen LogP contribution in [0.3, 0.4) is 0 Å². The molecule has 1 aliphatic rings. The molecule has 4 aromatic rings. The predicted octanol–water partition coefficient (Wildman–Crippen LogP) is 6.32. The zero-order valence-electron chi connectivity index (χ0n) is 22.7. The van der Waals surface area contributed by atoms with Gasteiger partial charge in [-0.1, -0.05) is 36.0 Å². The SMILES string of the molecule is COc1ccc(C)cc1N1C(=O)CS/C1=N\C(=O)Nc1ccc(/C=C/c2ncn(-c3ccc(OC(F)(F)F)cc3)n2)cc1. The van der Waals surface area contributed by atoms with Gasteiger partial charge in [-0.25, -0.2) is 14.5 Å². The number of aliphatic imine (C=N–C) groups is 1. The summed E-state index contributed by atoms with van der Waals surface area (Å²) in [6, 6.07) is 17.0. The van der Waals surface area contributed by atoms with Gasteiger partial charge in [0.05, 0.1) is 24.2 Å². The summed E-state index contributed by atoms with van der Waals surface area (Å²) in [5.74, 6) is 0.488. The van der Waals surface area contributed by atoms with Crippen LogP contribution in [0.5, 0.6) is 11.5 Å². The van der Waals surface area contributed by atoms with Crippen LogP contribution in [0.15, 0.2) is 78.0 Å². The number of hydrogen-bond acceptors (Lipinski definition) is 7. The lowest BCUT2D eigenvalue weighted by molar-refractivity contribution is -0.274. The van der Waals surface area contributed by atoms with E-state index >= 15 is 0 Å². The Bertz CT molecular complexity index is 1700. The summed E-state index contributed by atoms with van der Waals surface area (Å²) in [6.07, 6.45) is 0.102. The van der Waals surface area contributed by atoms with Gasteiger partial charge in [-0.05, 0) is 72.7 Å². The molecule has 0 unspecified atom stereocenters. The molecule has 1 aromatic heterocycles. The minimum atomic E-state index is -4.76. The third-order valence-corrected chi connectivity index (χ3v) is 6.89. The van der Waals surface area contributed by atoms with Crippen LogP contribution in [-0.4, -0.2) is 51.1 Å². The van der Waals surface area contributed by atoms with Gasteiger partial charge in [-0.3, -0.25) is 9.69 Å². The maximum absolute atomic E-state index is 12.7. The van der Waals surface area contributed by atoms with E-state index in [9.17, 15) is 22.8 Å². The second-order valence-corrected chi connectivity index (χ2v) is 10.0. The van der Waals surface area contributed by atoms with Gasteiger partial charge in [0.2, 0.25) is 5.91 Å². The Balaban J connectivity index is 1.21. The van der Waals surface area contributed by atoms with Crippen molar-refractivity contribution in [2.45, 2.75) is 13.3 Å². The third kappa shape index (κ3) is 7.40. The van der Waals surface area contributed by atoms with Crippen molar-refractivity contribution in [3.8, 4) is 17.2 Å². The molecule has 1 saturated heterocycles. The predicted molar refractivity (Wildman–Crippen MR) is 158 cm³/mol. The molecule has 0 atom stereocenters. The van der Waals surface area contributed by atoms with Crippen LogP contribution in [-0.2, 0) is 4.79 Å². The van der Waals surface area contributed by atoms with Crippen molar-refractivity contribution in [3.05, 3.63) is 90.0 Å². The first-order valence-corrected chi connectivity index (χ1v) is 13.6. The van der Waals surface area contributed by atoms with Crippen molar-refractivity contribution >= 4 is 52.4 Å². The number of rotatable bonds is 7. The molecule has 14 heteroatoms. The van der Waals surface area contributed by atoms with Crippen LogP contribution >= 0.6 is 11.8 Å². The average molecular weight is 609 g/mol. The number of aryl methyl sites for hydroxylation is 1. The van der Waals surface area contributed by atoms with Crippen molar-refractivity contribution in [3.63, 3.8) is 0 Å². The Morgan fingerprint density at radius 2 is 1.81 bits per heavy atom. The summed E-state index contributed by atoms with van der Waals surface area (Å²) in [7, 11) is 1.51. The van der Waals surface area contributed by atoms with Gasteiger partial charge in [-0.2, -0.15) is 4.99 Å². The molecule has 5 rings (SSSR count). The lowest BCUT2D eigenvalue weighted by Gasteiger charge is -2.19. The first-order valence-electron chi connectivity index (χ1n) is 12.6. The second kappa shape index (κ2) is 12.4. The number of aromatic nitrogens is 3. The summed E-state index contributed by atoms with van der Waals surface area (Å²) in [6.45, 7) is 1.89. The van der Waals surface area contributed by atoms with Crippen molar-refractivity contribution in [2.24, 2.45) is 4.99 Å². The van der Waals surface area contributed by atoms with Crippen molar-refractivity contribution in [1.29, 1.82) is 0 Å². The molecule has 43 heavy (non-hydrogen) atoms. The maximum Gasteiger partial charge on any atom is 0.573 e. The van der Waals surface area contributed by atoms with E-state index in [0.29, 0.717) is 28.6 Å². The lowest BCUT2D eigenvalue weighted by atomic mass is 10.2. The van der Waals surface area contributed by atoms with Crippen LogP contribution in [0.4, 0.5) is 29.3 Å². The highest BCUT2D eigenvalue weighted by Crippen LogP contribution is 2.35. The van der Waals surface area contributed by atoms with Crippen LogP contribution in [0.2, 0.25) is 0 Å². The van der Waals surface area contributed by atoms with E-state index in [-0.39, 0.29) is 22.6 Å². The summed E-state index contributed by atoms with van der Waals surface area (Å²) in [5, 5.41) is 7.26. The lowest BCUT2D eigenvalue weighted by Crippen LogP contribution is -2.30. The number of nitrogens with zero attached hydrogens (tertiary/aromatic N) is 5. The summed E-state index contributed by atoms with van der Waals surface area (Å²) in [5.41, 5.74) is 3.25. The van der Waals surface area contributed by atoms with Crippen LogP contribution in [0.25, 0.3) is 17.8 Å². The molecular formula is C29H23F3N6O4S. The van der Waals surface area contributed by atoms with Gasteiger partial charge in [0.1, 0.15) is 17.8 Å². The molecule has 1 fully saturated rings. The van der Waals surface area contributed by atoms with Gasteiger partial charge in [0.25, 0.3) is 0 Å². The maximum atomic E-state index is 12.7. The van der Waals surface area contributed by atoms with Gasteiger partial charge < -0.3 is 14.8 Å². The molecule has 0 radical (unpaired) electrons. The Morgan fingerprint density at radius 3 is 2.51 bits per heavy atom. The molecule has 220 valence electrons. The van der Waals surface area contributed by atoms with Crippen molar-refractivity contribution < 1.29 is 32.2 Å². The fourth-order valence-corrected chi connectivity index (χ4v) is 4.88. The summed E-state index contributed by atoms with van der Waals surface area (Å²) < 4.78 is 47.8. The number of amidine groups is 1. The first-order chi connectivity index (χ1) is 20.6. The molecule has 10 nitrogen and oxygen atoms in total. The standard InChI is InChI=1S/C29H23F3N6O4S/c1-18-3-13-24(41-2)23(15-18)38-26(39)16-43-28(38)35-27(40)34-20-7-4-19(5-8-20)6-14-25-33-17-37(36-25)21-9-11-22(12-10-21)42-29(30,31)32/h3-15,17H,16H2,1-2H3,(H,34,40)/b14-6+,35-28-. The summed E-state index contributed by atoms with van der Waals surface area (Å²) >= 11 is 1.17.